The van der Waals surface area contributed by atoms with Gasteiger partial charge >= 0.3 is 0 Å². The lowest BCUT2D eigenvalue weighted by Gasteiger charge is -2.24. The second kappa shape index (κ2) is 12.3. The van der Waals surface area contributed by atoms with E-state index in [4.69, 9.17) is 23.2 Å². The highest BCUT2D eigenvalue weighted by atomic mass is 35.5. The average Bonchev–Trinajstić information content (AvgIpc) is 2.96. The van der Waals surface area contributed by atoms with Crippen molar-refractivity contribution in [3.05, 3.63) is 125 Å². The van der Waals surface area contributed by atoms with Crippen LogP contribution in [0.2, 0.25) is 10.0 Å². The molecule has 0 spiro atoms. The summed E-state index contributed by atoms with van der Waals surface area (Å²) in [6.07, 6.45) is 0. The van der Waals surface area contributed by atoms with E-state index in [9.17, 15) is 21.6 Å². The van der Waals surface area contributed by atoms with E-state index >= 15 is 0 Å². The molecule has 0 unspecified atom stereocenters. The van der Waals surface area contributed by atoms with Crippen LogP contribution in [-0.4, -0.2) is 29.3 Å². The van der Waals surface area contributed by atoms with Crippen LogP contribution in [0, 0.1) is 6.92 Å². The lowest BCUT2D eigenvalue weighted by Crippen LogP contribution is -2.38. The summed E-state index contributed by atoms with van der Waals surface area (Å²) in [5, 5.41) is 4.66. The molecule has 0 aliphatic rings. The number of rotatable bonds is 9. The third-order valence-electron chi connectivity index (χ3n) is 6.51. The Morgan fingerprint density at radius 3 is 2.02 bits per heavy atom. The molecule has 0 aliphatic heterocycles. The Kier molecular flexibility index (Phi) is 8.66. The van der Waals surface area contributed by atoms with Gasteiger partial charge in [-0.1, -0.05) is 77.3 Å². The first kappa shape index (κ1) is 30.4. The van der Waals surface area contributed by atoms with Gasteiger partial charge in [0.2, 0.25) is 5.91 Å². The molecule has 12 heteroatoms. The minimum absolute atomic E-state index is 0.0180. The first-order valence-corrected chi connectivity index (χ1v) is 16.6. The number of benzene rings is 5. The quantitative estimate of drug-likeness (QED) is 0.176. The van der Waals surface area contributed by atoms with Gasteiger partial charge in [0.05, 0.1) is 21.2 Å². The SMILES string of the molecule is Cc1ccc(S(=O)(=O)N(CC(=O)Nc2ccc(S(=O)(=O)Nc3cccc4ccccc34)cc2)c2cc(Cl)cc(Cl)c2)cc1. The lowest BCUT2D eigenvalue weighted by molar-refractivity contribution is -0.114. The number of nitrogens with zero attached hydrogens (tertiary/aromatic N) is 1. The van der Waals surface area contributed by atoms with Gasteiger partial charge in [-0.25, -0.2) is 16.8 Å². The Morgan fingerprint density at radius 1 is 0.744 bits per heavy atom. The number of amides is 1. The number of fused-ring (bicyclic) bond motifs is 1. The van der Waals surface area contributed by atoms with Crippen molar-refractivity contribution in [2.75, 3.05) is 20.9 Å². The number of hydrogen-bond acceptors (Lipinski definition) is 5. The minimum Gasteiger partial charge on any atom is -0.325 e. The second-order valence-corrected chi connectivity index (χ2v) is 14.1. The predicted molar refractivity (Wildman–Crippen MR) is 172 cm³/mol. The standard InChI is InChI=1S/C31H25Cl2N3O5S2/c1-21-9-13-28(14-10-21)43(40,41)36(26-18-23(32)17-24(33)19-26)20-31(37)34-25-11-15-27(16-12-25)42(38,39)35-30-8-4-6-22-5-2-3-7-29(22)30/h2-19,35H,20H2,1H3,(H,34,37). The zero-order chi connectivity index (χ0) is 30.8. The van der Waals surface area contributed by atoms with Gasteiger partial charge in [-0.3, -0.25) is 13.8 Å². The maximum absolute atomic E-state index is 13.6. The molecule has 220 valence electrons. The molecule has 2 N–H and O–H groups in total. The molecular weight excluding hydrogens is 629 g/mol. The highest BCUT2D eigenvalue weighted by Crippen LogP contribution is 2.30. The number of aryl methyl sites for hydroxylation is 1. The summed E-state index contributed by atoms with van der Waals surface area (Å²) in [4.78, 5) is 13.1. The highest BCUT2D eigenvalue weighted by Gasteiger charge is 2.28. The molecule has 0 radical (unpaired) electrons. The van der Waals surface area contributed by atoms with Gasteiger partial charge in [0.15, 0.2) is 0 Å². The summed E-state index contributed by atoms with van der Waals surface area (Å²) in [6, 6.07) is 28.7. The minimum atomic E-state index is -4.20. The topological polar surface area (TPSA) is 113 Å². The fourth-order valence-corrected chi connectivity index (χ4v) is 7.40. The molecule has 0 fully saturated rings. The van der Waals surface area contributed by atoms with Crippen LogP contribution in [0.25, 0.3) is 10.8 Å². The van der Waals surface area contributed by atoms with Crippen LogP contribution in [0.4, 0.5) is 17.1 Å². The van der Waals surface area contributed by atoms with Gasteiger partial charge in [-0.2, -0.15) is 0 Å². The molecule has 0 saturated heterocycles. The summed E-state index contributed by atoms with van der Waals surface area (Å²) in [6.45, 7) is 1.23. The molecule has 0 heterocycles. The number of sulfonamides is 2. The number of nitrogens with one attached hydrogen (secondary N) is 2. The molecule has 5 rings (SSSR count). The molecular formula is C31H25Cl2N3O5S2. The van der Waals surface area contributed by atoms with Crippen molar-refractivity contribution < 1.29 is 21.6 Å². The van der Waals surface area contributed by atoms with Crippen molar-refractivity contribution in [2.24, 2.45) is 0 Å². The smallest absolute Gasteiger partial charge is 0.264 e. The van der Waals surface area contributed by atoms with Crippen LogP contribution in [-0.2, 0) is 24.8 Å². The first-order chi connectivity index (χ1) is 20.4. The number of carbonyl (C=O) groups excluding carboxylic acids is 1. The van der Waals surface area contributed by atoms with Crippen LogP contribution in [0.1, 0.15) is 5.56 Å². The van der Waals surface area contributed by atoms with Crippen molar-refractivity contribution in [3.8, 4) is 0 Å². The van der Waals surface area contributed by atoms with E-state index in [1.165, 1.54) is 54.6 Å². The normalized spacial score (nSPS) is 11.7. The molecule has 0 atom stereocenters. The third kappa shape index (κ3) is 6.94. The average molecular weight is 655 g/mol. The predicted octanol–water partition coefficient (Wildman–Crippen LogP) is 7.09. The molecule has 5 aromatic rings. The number of anilines is 3. The van der Waals surface area contributed by atoms with Crippen molar-refractivity contribution in [3.63, 3.8) is 0 Å². The summed E-state index contributed by atoms with van der Waals surface area (Å²) in [7, 11) is -8.14. The highest BCUT2D eigenvalue weighted by molar-refractivity contribution is 7.93. The zero-order valence-corrected chi connectivity index (χ0v) is 25.8. The third-order valence-corrected chi connectivity index (χ3v) is 10.1. The Labute approximate surface area is 260 Å². The van der Waals surface area contributed by atoms with Crippen LogP contribution in [0.5, 0.6) is 0 Å². The molecule has 0 bridgehead atoms. The van der Waals surface area contributed by atoms with Crippen molar-refractivity contribution in [1.29, 1.82) is 0 Å². The fraction of sp³-hybridized carbons (Fsp3) is 0.0645. The van der Waals surface area contributed by atoms with E-state index in [0.29, 0.717) is 5.69 Å². The van der Waals surface area contributed by atoms with E-state index in [-0.39, 0.29) is 31.2 Å². The molecule has 43 heavy (non-hydrogen) atoms. The van der Waals surface area contributed by atoms with E-state index in [2.05, 4.69) is 10.0 Å². The summed E-state index contributed by atoms with van der Waals surface area (Å²) in [5.74, 6) is -0.670. The van der Waals surface area contributed by atoms with Crippen molar-refractivity contribution in [1.82, 2.24) is 0 Å². The molecule has 8 nitrogen and oxygen atoms in total. The molecule has 1 amide bonds. The van der Waals surface area contributed by atoms with E-state index in [1.807, 2.05) is 37.3 Å². The molecule has 5 aromatic carbocycles. The van der Waals surface area contributed by atoms with Gasteiger partial charge in [-0.15, -0.1) is 0 Å². The Hall–Kier alpha value is -4.09. The number of hydrogen-bond donors (Lipinski definition) is 2. The monoisotopic (exact) mass is 653 g/mol. The second-order valence-electron chi connectivity index (χ2n) is 9.66. The van der Waals surface area contributed by atoms with Crippen molar-refractivity contribution >= 4 is 77.0 Å². The van der Waals surface area contributed by atoms with Crippen LogP contribution in [0.3, 0.4) is 0 Å². The van der Waals surface area contributed by atoms with Gasteiger partial charge in [-0.05, 0) is 73.0 Å². The summed E-state index contributed by atoms with van der Waals surface area (Å²) >= 11 is 12.3. The summed E-state index contributed by atoms with van der Waals surface area (Å²) < 4.78 is 57.0. The molecule has 0 aliphatic carbocycles. The van der Waals surface area contributed by atoms with E-state index in [1.54, 1.807) is 24.3 Å². The van der Waals surface area contributed by atoms with Crippen molar-refractivity contribution in [2.45, 2.75) is 16.7 Å². The molecule has 0 aromatic heterocycles. The van der Waals surface area contributed by atoms with E-state index in [0.717, 1.165) is 20.6 Å². The Balaban J connectivity index is 1.36. The van der Waals surface area contributed by atoms with Crippen LogP contribution >= 0.6 is 23.2 Å². The maximum Gasteiger partial charge on any atom is 0.264 e. The van der Waals surface area contributed by atoms with E-state index < -0.39 is 32.5 Å². The first-order valence-electron chi connectivity index (χ1n) is 12.9. The maximum atomic E-state index is 13.6. The Bertz CT molecular complexity index is 2010. The van der Waals surface area contributed by atoms with Gasteiger partial charge < -0.3 is 5.32 Å². The van der Waals surface area contributed by atoms with Gasteiger partial charge in [0.25, 0.3) is 20.0 Å². The number of halogens is 2. The van der Waals surface area contributed by atoms with Crippen LogP contribution < -0.4 is 14.3 Å². The largest absolute Gasteiger partial charge is 0.325 e. The van der Waals surface area contributed by atoms with Gasteiger partial charge in [0, 0.05) is 21.1 Å². The summed E-state index contributed by atoms with van der Waals surface area (Å²) in [5.41, 5.74) is 1.68. The number of carbonyl (C=O) groups is 1. The molecule has 0 saturated carbocycles. The zero-order valence-electron chi connectivity index (χ0n) is 22.7. The Morgan fingerprint density at radius 2 is 1.35 bits per heavy atom. The fourth-order valence-electron chi connectivity index (χ4n) is 4.40. The lowest BCUT2D eigenvalue weighted by atomic mass is 10.1. The van der Waals surface area contributed by atoms with Gasteiger partial charge in [0.1, 0.15) is 6.54 Å². The van der Waals surface area contributed by atoms with Crippen LogP contribution in [0.15, 0.2) is 119 Å².